The molecule has 0 atom stereocenters. The van der Waals surface area contributed by atoms with Crippen molar-refractivity contribution in [3.8, 4) is 23.1 Å². The number of rotatable bonds is 11. The first kappa shape index (κ1) is 25.5. The minimum Gasteiger partial charge on any atom is -0.490 e. The van der Waals surface area contributed by atoms with Crippen LogP contribution in [0.15, 0.2) is 46.0 Å². The van der Waals surface area contributed by atoms with Crippen LogP contribution in [0.25, 0.3) is 11.6 Å². The maximum absolute atomic E-state index is 5.70. The van der Waals surface area contributed by atoms with Crippen LogP contribution in [0.1, 0.15) is 25.2 Å². The molecule has 0 saturated carbocycles. The number of halogens is 1. The minimum absolute atomic E-state index is 0. The molecule has 0 amide bonds. The number of aliphatic imine (C=N–C) groups is 1. The Kier molecular flexibility index (Phi) is 10.8. The Bertz CT molecular complexity index is 958. The molecule has 3 N–H and O–H groups in total. The van der Waals surface area contributed by atoms with Crippen LogP contribution in [0.2, 0.25) is 0 Å². The van der Waals surface area contributed by atoms with Gasteiger partial charge in [0.05, 0.1) is 19.5 Å². The van der Waals surface area contributed by atoms with Crippen LogP contribution in [-0.4, -0.2) is 54.5 Å². The Labute approximate surface area is 205 Å². The van der Waals surface area contributed by atoms with Gasteiger partial charge in [0.1, 0.15) is 5.82 Å². The van der Waals surface area contributed by atoms with Gasteiger partial charge in [0.15, 0.2) is 23.2 Å². The van der Waals surface area contributed by atoms with E-state index in [-0.39, 0.29) is 24.0 Å². The van der Waals surface area contributed by atoms with Crippen molar-refractivity contribution in [2.75, 3.05) is 33.4 Å². The summed E-state index contributed by atoms with van der Waals surface area (Å²) in [5.74, 6) is 4.29. The number of aromatic amines is 1. The molecule has 32 heavy (non-hydrogen) atoms. The van der Waals surface area contributed by atoms with Crippen LogP contribution in [0.3, 0.4) is 0 Å². The lowest BCUT2D eigenvalue weighted by molar-refractivity contribution is 0.287. The predicted octanol–water partition coefficient (Wildman–Crippen LogP) is 3.43. The molecule has 0 saturated heterocycles. The standard InChI is InChI=1S/C22H30N6O3.HI/c1-4-29-17-9-8-16(15-19(17)30-5-2)10-12-24-22(23-3)25-13-11-20-26-21(28-27-20)18-7-6-14-31-18;/h6-9,14-15H,4-5,10-13H2,1-3H3,(H2,23,24,25)(H,26,27,28);1H. The van der Waals surface area contributed by atoms with Crippen molar-refractivity contribution in [3.63, 3.8) is 0 Å². The second-order valence-corrected chi connectivity index (χ2v) is 6.66. The molecule has 9 nitrogen and oxygen atoms in total. The van der Waals surface area contributed by atoms with E-state index in [1.165, 1.54) is 5.56 Å². The van der Waals surface area contributed by atoms with E-state index < -0.39 is 0 Å². The van der Waals surface area contributed by atoms with Crippen LogP contribution in [0, 0.1) is 0 Å². The summed E-state index contributed by atoms with van der Waals surface area (Å²) in [5.41, 5.74) is 1.17. The highest BCUT2D eigenvalue weighted by molar-refractivity contribution is 14.0. The van der Waals surface area contributed by atoms with Crippen LogP contribution >= 0.6 is 24.0 Å². The highest BCUT2D eigenvalue weighted by Crippen LogP contribution is 2.28. The first-order chi connectivity index (χ1) is 15.2. The Morgan fingerprint density at radius 2 is 1.81 bits per heavy atom. The summed E-state index contributed by atoms with van der Waals surface area (Å²) in [7, 11) is 1.75. The van der Waals surface area contributed by atoms with Crippen molar-refractivity contribution in [1.82, 2.24) is 25.8 Å². The van der Waals surface area contributed by atoms with E-state index in [0.29, 0.717) is 37.8 Å². The molecule has 3 rings (SSSR count). The lowest BCUT2D eigenvalue weighted by atomic mass is 10.1. The van der Waals surface area contributed by atoms with Crippen molar-refractivity contribution in [2.45, 2.75) is 26.7 Å². The summed E-state index contributed by atoms with van der Waals surface area (Å²) in [6.45, 7) is 6.56. The van der Waals surface area contributed by atoms with Crippen molar-refractivity contribution < 1.29 is 13.9 Å². The third-order valence-corrected chi connectivity index (χ3v) is 4.47. The third-order valence-electron chi connectivity index (χ3n) is 4.47. The van der Waals surface area contributed by atoms with E-state index in [0.717, 1.165) is 36.2 Å². The number of hydrogen-bond donors (Lipinski definition) is 3. The first-order valence-corrected chi connectivity index (χ1v) is 10.5. The smallest absolute Gasteiger partial charge is 0.216 e. The molecule has 10 heteroatoms. The van der Waals surface area contributed by atoms with Crippen LogP contribution < -0.4 is 20.1 Å². The summed E-state index contributed by atoms with van der Waals surface area (Å²) in [4.78, 5) is 8.71. The van der Waals surface area contributed by atoms with E-state index in [9.17, 15) is 0 Å². The zero-order chi connectivity index (χ0) is 21.9. The molecule has 174 valence electrons. The topological polar surface area (TPSA) is 110 Å². The van der Waals surface area contributed by atoms with Gasteiger partial charge in [-0.2, -0.15) is 5.10 Å². The molecule has 2 heterocycles. The molecule has 0 fully saturated rings. The van der Waals surface area contributed by atoms with Crippen molar-refractivity contribution in [3.05, 3.63) is 48.0 Å². The molecule has 0 aliphatic heterocycles. The average Bonchev–Trinajstić information content (AvgIpc) is 3.46. The normalized spacial score (nSPS) is 11.0. The number of guanidine groups is 1. The number of nitrogens with zero attached hydrogens (tertiary/aromatic N) is 3. The number of H-pyrrole nitrogens is 1. The van der Waals surface area contributed by atoms with Gasteiger partial charge in [0.25, 0.3) is 0 Å². The van der Waals surface area contributed by atoms with Gasteiger partial charge < -0.3 is 24.5 Å². The summed E-state index contributed by atoms with van der Waals surface area (Å²) < 4.78 is 16.6. The molecule has 2 aromatic heterocycles. The molecule has 0 radical (unpaired) electrons. The van der Waals surface area contributed by atoms with Crippen LogP contribution in [0.4, 0.5) is 0 Å². The Hall–Kier alpha value is -2.76. The Morgan fingerprint density at radius 3 is 2.50 bits per heavy atom. The lowest BCUT2D eigenvalue weighted by Gasteiger charge is -2.14. The second-order valence-electron chi connectivity index (χ2n) is 6.66. The number of benzene rings is 1. The third kappa shape index (κ3) is 7.43. The predicted molar refractivity (Wildman–Crippen MR) is 135 cm³/mol. The van der Waals surface area contributed by atoms with Crippen LogP contribution in [-0.2, 0) is 12.8 Å². The van der Waals surface area contributed by atoms with Crippen molar-refractivity contribution in [1.29, 1.82) is 0 Å². The molecule has 0 aliphatic carbocycles. The van der Waals surface area contributed by atoms with E-state index in [1.807, 2.05) is 38.1 Å². The molecule has 0 unspecified atom stereocenters. The van der Waals surface area contributed by atoms with Gasteiger partial charge in [0, 0.05) is 26.6 Å². The summed E-state index contributed by atoms with van der Waals surface area (Å²) in [6, 6.07) is 9.70. The molecular weight excluding hydrogens is 523 g/mol. The Morgan fingerprint density at radius 1 is 1.06 bits per heavy atom. The maximum Gasteiger partial charge on any atom is 0.216 e. The summed E-state index contributed by atoms with van der Waals surface area (Å²) >= 11 is 0. The van der Waals surface area contributed by atoms with Gasteiger partial charge in [-0.05, 0) is 50.1 Å². The van der Waals surface area contributed by atoms with E-state index >= 15 is 0 Å². The van der Waals surface area contributed by atoms with Gasteiger partial charge >= 0.3 is 0 Å². The highest BCUT2D eigenvalue weighted by Gasteiger charge is 2.09. The van der Waals surface area contributed by atoms with Gasteiger partial charge in [0.2, 0.25) is 5.82 Å². The quantitative estimate of drug-likeness (QED) is 0.189. The summed E-state index contributed by atoms with van der Waals surface area (Å²) in [5, 5.41) is 13.7. The zero-order valence-electron chi connectivity index (χ0n) is 18.7. The van der Waals surface area contributed by atoms with Gasteiger partial charge in [-0.3, -0.25) is 10.1 Å². The highest BCUT2D eigenvalue weighted by atomic mass is 127. The van der Waals surface area contributed by atoms with Gasteiger partial charge in [-0.1, -0.05) is 6.07 Å². The maximum atomic E-state index is 5.70. The van der Waals surface area contributed by atoms with Crippen LogP contribution in [0.5, 0.6) is 11.5 Å². The second kappa shape index (κ2) is 13.6. The van der Waals surface area contributed by atoms with E-state index in [4.69, 9.17) is 13.9 Å². The molecule has 1 aromatic carbocycles. The fourth-order valence-corrected chi connectivity index (χ4v) is 3.02. The fraction of sp³-hybridized carbons (Fsp3) is 0.409. The zero-order valence-corrected chi connectivity index (χ0v) is 21.0. The van der Waals surface area contributed by atoms with Crippen molar-refractivity contribution in [2.24, 2.45) is 4.99 Å². The molecule has 3 aromatic rings. The molecule has 0 aliphatic rings. The number of hydrogen-bond acceptors (Lipinski definition) is 6. The number of nitrogens with one attached hydrogen (secondary N) is 3. The largest absolute Gasteiger partial charge is 0.490 e. The SMILES string of the molecule is CCOc1ccc(CCNC(=NC)NCCc2nc(-c3ccco3)n[nH]2)cc1OCC.I. The number of ether oxygens (including phenoxy) is 2. The first-order valence-electron chi connectivity index (χ1n) is 10.5. The van der Waals surface area contributed by atoms with E-state index in [2.05, 4.69) is 36.9 Å². The van der Waals surface area contributed by atoms with Gasteiger partial charge in [-0.15, -0.1) is 24.0 Å². The minimum atomic E-state index is 0. The lowest BCUT2D eigenvalue weighted by Crippen LogP contribution is -2.39. The van der Waals surface area contributed by atoms with Gasteiger partial charge in [-0.25, -0.2) is 4.98 Å². The van der Waals surface area contributed by atoms with E-state index in [1.54, 1.807) is 13.3 Å². The Balaban J connectivity index is 0.00000363. The average molecular weight is 554 g/mol. The van der Waals surface area contributed by atoms with Crippen molar-refractivity contribution >= 4 is 29.9 Å². The molecule has 0 spiro atoms. The monoisotopic (exact) mass is 554 g/mol. The molecule has 0 bridgehead atoms. The molecular formula is C22H31IN6O3. The number of furan rings is 1. The fourth-order valence-electron chi connectivity index (χ4n) is 3.02. The number of aromatic nitrogens is 3. The summed E-state index contributed by atoms with van der Waals surface area (Å²) in [6.07, 6.45) is 3.13.